The second-order valence-corrected chi connectivity index (χ2v) is 8.49. The molecule has 0 aliphatic carbocycles. The van der Waals surface area contributed by atoms with Crippen LogP contribution in [-0.4, -0.2) is 64.3 Å². The quantitative estimate of drug-likeness (QED) is 0.200. The minimum atomic E-state index is -4.33. The number of H-pyrrole nitrogens is 1. The molecule has 1 fully saturated rings. The Morgan fingerprint density at radius 3 is 2.69 bits per heavy atom. The van der Waals surface area contributed by atoms with Crippen molar-refractivity contribution in [2.75, 3.05) is 12.3 Å². The number of carbonyl (C=O) groups excluding carboxylic acids is 1. The molecule has 2 aromatic heterocycles. The number of carbonyl (C=O) groups is 1. The van der Waals surface area contributed by atoms with Crippen molar-refractivity contribution in [2.45, 2.75) is 24.5 Å². The summed E-state index contributed by atoms with van der Waals surface area (Å²) >= 11 is 0. The molecule has 7 N–H and O–H groups in total. The fourth-order valence-electron chi connectivity index (χ4n) is 3.26. The number of benzene rings is 1. The molecule has 0 spiro atoms. The van der Waals surface area contributed by atoms with Gasteiger partial charge in [0.05, 0.1) is 0 Å². The standard InChI is InChI=1S/C17H19N7O7S/c18-14-11-15(20-6-19-14)24(7-21-11)17-13(27)12(26)10(31-17)5-22-32(29,30)23-16(28)8-1-3-9(25)4-2-8/h1-4,6-7,10,12-13,17,22,26-27H,5H2,(H4,18,19,20,23,25,28)/t10-,12-,13-,17-/m1/s1. The number of aromatic amines is 1. The van der Waals surface area contributed by atoms with Crippen LogP contribution in [0.4, 0.5) is 5.82 Å². The Morgan fingerprint density at radius 2 is 1.97 bits per heavy atom. The van der Waals surface area contributed by atoms with Gasteiger partial charge in [0.25, 0.3) is 5.91 Å². The van der Waals surface area contributed by atoms with Crippen molar-refractivity contribution in [3.8, 4) is 5.75 Å². The lowest BCUT2D eigenvalue weighted by molar-refractivity contribution is -0.745. The average Bonchev–Trinajstić information content (AvgIpc) is 3.29. The number of ether oxygens (including phenoxy) is 1. The molecule has 1 aliphatic rings. The number of rotatable bonds is 6. The van der Waals surface area contributed by atoms with Crippen LogP contribution in [0.3, 0.4) is 0 Å². The molecule has 4 atom stereocenters. The maximum Gasteiger partial charge on any atom is 0.309 e. The maximum atomic E-state index is 12.2. The van der Waals surface area contributed by atoms with E-state index in [0.29, 0.717) is 11.2 Å². The SMILES string of the molecule is Nc1ncnc2c1[nH]c[n+]2[C@@H]1O[C@H](CNS(=O)(=O)NC(=O)c2ccc([O-])cc2)[C@@H](O)[C@H]1O. The summed E-state index contributed by atoms with van der Waals surface area (Å²) in [7, 11) is -4.33. The summed E-state index contributed by atoms with van der Waals surface area (Å²) in [4.78, 5) is 22.8. The number of hydrogen-bond acceptors (Lipinski definition) is 10. The number of nitrogen functional groups attached to an aromatic ring is 1. The molecule has 3 heterocycles. The van der Waals surface area contributed by atoms with Crippen LogP contribution in [0.1, 0.15) is 16.6 Å². The number of imidazole rings is 1. The Labute approximate surface area is 180 Å². The number of aliphatic hydroxyl groups is 2. The second kappa shape index (κ2) is 8.29. The number of anilines is 1. The molecule has 1 aromatic carbocycles. The summed E-state index contributed by atoms with van der Waals surface area (Å²) in [6.45, 7) is -0.448. The van der Waals surface area contributed by atoms with Crippen LogP contribution in [0, 0.1) is 0 Å². The molecule has 170 valence electrons. The van der Waals surface area contributed by atoms with E-state index in [2.05, 4.69) is 19.7 Å². The Balaban J connectivity index is 1.42. The number of nitrogens with zero attached hydrogens (tertiary/aromatic N) is 3. The van der Waals surface area contributed by atoms with Crippen LogP contribution in [0.2, 0.25) is 0 Å². The van der Waals surface area contributed by atoms with E-state index in [1.165, 1.54) is 29.4 Å². The van der Waals surface area contributed by atoms with Gasteiger partial charge in [-0.25, -0.2) is 9.29 Å². The van der Waals surface area contributed by atoms with Gasteiger partial charge in [-0.2, -0.15) is 18.1 Å². The molecular weight excluding hydrogens is 446 g/mol. The van der Waals surface area contributed by atoms with E-state index in [9.17, 15) is 28.5 Å². The largest absolute Gasteiger partial charge is 0.872 e. The zero-order chi connectivity index (χ0) is 23.0. The lowest BCUT2D eigenvalue weighted by Crippen LogP contribution is -2.46. The molecule has 1 aliphatic heterocycles. The zero-order valence-electron chi connectivity index (χ0n) is 16.2. The normalized spacial score (nSPS) is 23.4. The molecule has 0 unspecified atom stereocenters. The Hall–Kier alpha value is -3.37. The van der Waals surface area contributed by atoms with Crippen molar-refractivity contribution in [3.05, 3.63) is 42.5 Å². The number of hydrogen-bond donors (Lipinski definition) is 6. The third-order valence-corrected chi connectivity index (χ3v) is 5.88. The monoisotopic (exact) mass is 465 g/mol. The fourth-order valence-corrected chi connectivity index (χ4v) is 4.07. The van der Waals surface area contributed by atoms with Gasteiger partial charge < -0.3 is 25.8 Å². The lowest BCUT2D eigenvalue weighted by Gasteiger charge is -2.15. The van der Waals surface area contributed by atoms with E-state index in [-0.39, 0.29) is 17.1 Å². The fraction of sp³-hybridized carbons (Fsp3) is 0.294. The van der Waals surface area contributed by atoms with Crippen molar-refractivity contribution in [2.24, 2.45) is 0 Å². The van der Waals surface area contributed by atoms with Crippen molar-refractivity contribution in [1.29, 1.82) is 0 Å². The summed E-state index contributed by atoms with van der Waals surface area (Å²) in [6, 6.07) is 4.62. The Morgan fingerprint density at radius 1 is 1.25 bits per heavy atom. The third-order valence-electron chi connectivity index (χ3n) is 4.88. The third kappa shape index (κ3) is 4.19. The van der Waals surface area contributed by atoms with Crippen molar-refractivity contribution < 1.29 is 37.8 Å². The van der Waals surface area contributed by atoms with Gasteiger partial charge in [-0.3, -0.25) is 9.78 Å². The first-order valence-corrected chi connectivity index (χ1v) is 10.7. The molecule has 1 amide bonds. The smallest absolute Gasteiger partial charge is 0.309 e. The van der Waals surface area contributed by atoms with Gasteiger partial charge in [-0.1, -0.05) is 29.2 Å². The number of aromatic nitrogens is 4. The van der Waals surface area contributed by atoms with Gasteiger partial charge in [0.1, 0.15) is 18.3 Å². The highest BCUT2D eigenvalue weighted by Gasteiger charge is 2.46. The number of nitrogens with one attached hydrogen (secondary N) is 3. The Bertz CT molecular complexity index is 1250. The van der Waals surface area contributed by atoms with Gasteiger partial charge >= 0.3 is 15.9 Å². The summed E-state index contributed by atoms with van der Waals surface area (Å²) in [5.41, 5.74) is 6.45. The predicted molar refractivity (Wildman–Crippen MR) is 105 cm³/mol. The molecule has 3 aromatic rings. The average molecular weight is 465 g/mol. The molecule has 0 saturated carbocycles. The molecule has 32 heavy (non-hydrogen) atoms. The molecule has 15 heteroatoms. The van der Waals surface area contributed by atoms with Crippen LogP contribution in [-0.2, 0) is 14.9 Å². The summed E-state index contributed by atoms with van der Waals surface area (Å²) in [5.74, 6) is -1.10. The first kappa shape index (κ1) is 21.8. The summed E-state index contributed by atoms with van der Waals surface area (Å²) in [5, 5.41) is 31.8. The van der Waals surface area contributed by atoms with E-state index >= 15 is 0 Å². The predicted octanol–water partition coefficient (Wildman–Crippen LogP) is -3.22. The highest BCUT2D eigenvalue weighted by Crippen LogP contribution is 2.26. The highest BCUT2D eigenvalue weighted by molar-refractivity contribution is 7.88. The molecular formula is C17H19N7O7S. The number of fused-ring (bicyclic) bond motifs is 1. The zero-order valence-corrected chi connectivity index (χ0v) is 17.1. The molecule has 4 rings (SSSR count). The van der Waals surface area contributed by atoms with Crippen molar-refractivity contribution in [3.63, 3.8) is 0 Å². The van der Waals surface area contributed by atoms with E-state index in [1.807, 2.05) is 0 Å². The topological polar surface area (TPSA) is 219 Å². The first-order valence-electron chi connectivity index (χ1n) is 9.25. The minimum absolute atomic E-state index is 0.0281. The summed E-state index contributed by atoms with van der Waals surface area (Å²) < 4.78 is 35.3. The van der Waals surface area contributed by atoms with E-state index in [1.54, 1.807) is 4.72 Å². The maximum absolute atomic E-state index is 12.2. The van der Waals surface area contributed by atoms with Crippen LogP contribution in [0.5, 0.6) is 5.75 Å². The lowest BCUT2D eigenvalue weighted by atomic mass is 10.1. The van der Waals surface area contributed by atoms with Gasteiger partial charge in [0, 0.05) is 12.1 Å². The van der Waals surface area contributed by atoms with Crippen LogP contribution >= 0.6 is 0 Å². The number of amides is 1. The van der Waals surface area contributed by atoms with Crippen LogP contribution < -0.4 is 24.9 Å². The Kier molecular flexibility index (Phi) is 5.66. The molecule has 14 nitrogen and oxygen atoms in total. The van der Waals surface area contributed by atoms with E-state index in [4.69, 9.17) is 10.5 Å². The molecule has 0 radical (unpaired) electrons. The van der Waals surface area contributed by atoms with Crippen LogP contribution in [0.25, 0.3) is 11.2 Å². The highest BCUT2D eigenvalue weighted by atomic mass is 32.2. The molecule has 1 saturated heterocycles. The minimum Gasteiger partial charge on any atom is -0.872 e. The second-order valence-electron chi connectivity index (χ2n) is 6.99. The van der Waals surface area contributed by atoms with Crippen molar-refractivity contribution in [1.82, 2.24) is 24.4 Å². The van der Waals surface area contributed by atoms with Gasteiger partial charge in [-0.05, 0) is 0 Å². The van der Waals surface area contributed by atoms with Crippen LogP contribution in [0.15, 0.2) is 36.9 Å². The molecule has 0 bridgehead atoms. The first-order chi connectivity index (χ1) is 15.2. The van der Waals surface area contributed by atoms with Gasteiger partial charge in [-0.15, -0.1) is 5.75 Å². The van der Waals surface area contributed by atoms with Crippen molar-refractivity contribution >= 4 is 33.1 Å². The van der Waals surface area contributed by atoms with Gasteiger partial charge in [0.15, 0.2) is 18.5 Å². The summed E-state index contributed by atoms with van der Waals surface area (Å²) in [6.07, 6.45) is -2.44. The van der Waals surface area contributed by atoms with E-state index in [0.717, 1.165) is 12.1 Å². The number of aliphatic hydroxyl groups excluding tert-OH is 2. The van der Waals surface area contributed by atoms with E-state index < -0.39 is 47.2 Å². The number of nitrogens with two attached hydrogens (primary N) is 1. The van der Waals surface area contributed by atoms with Gasteiger partial charge in [0.2, 0.25) is 11.7 Å².